The molecule has 41 heavy (non-hydrogen) atoms. The molecule has 1 aliphatic carbocycles. The molecule has 1 N–H and O–H groups in total. The van der Waals surface area contributed by atoms with E-state index in [2.05, 4.69) is 27.4 Å². The molecule has 1 aromatic heterocycles. The van der Waals surface area contributed by atoms with E-state index in [4.69, 9.17) is 9.47 Å². The van der Waals surface area contributed by atoms with E-state index in [0.29, 0.717) is 28.8 Å². The van der Waals surface area contributed by atoms with E-state index in [0.717, 1.165) is 29.8 Å². The summed E-state index contributed by atoms with van der Waals surface area (Å²) in [6.45, 7) is 3.91. The number of rotatable bonds is 11. The van der Waals surface area contributed by atoms with Crippen molar-refractivity contribution in [3.8, 4) is 11.5 Å². The zero-order valence-corrected chi connectivity index (χ0v) is 24.5. The Balaban J connectivity index is 1.67. The van der Waals surface area contributed by atoms with Crippen LogP contribution in [-0.4, -0.2) is 52.7 Å². The lowest BCUT2D eigenvalue weighted by Crippen LogP contribution is -2.51. The smallest absolute Gasteiger partial charge is 0.247 e. The van der Waals surface area contributed by atoms with Gasteiger partial charge in [-0.15, -0.1) is 0 Å². The van der Waals surface area contributed by atoms with Gasteiger partial charge in [-0.2, -0.15) is 0 Å². The minimum Gasteiger partial charge on any atom is -0.497 e. The van der Waals surface area contributed by atoms with Crippen molar-refractivity contribution < 1.29 is 23.5 Å². The maximum absolute atomic E-state index is 14.1. The lowest BCUT2D eigenvalue weighted by atomic mass is 9.86. The minimum atomic E-state index is -0.787. The highest BCUT2D eigenvalue weighted by Crippen LogP contribution is 2.32. The predicted molar refractivity (Wildman–Crippen MR) is 158 cm³/mol. The highest BCUT2D eigenvalue weighted by atomic mass is 32.2. The Morgan fingerprint density at radius 3 is 2.41 bits per heavy atom. The van der Waals surface area contributed by atoms with Crippen LogP contribution in [-0.2, 0) is 16.1 Å². The summed E-state index contributed by atoms with van der Waals surface area (Å²) in [7, 11) is 3.07. The van der Waals surface area contributed by atoms with Crippen LogP contribution >= 0.6 is 11.8 Å². The zero-order chi connectivity index (χ0) is 29.4. The van der Waals surface area contributed by atoms with Crippen molar-refractivity contribution in [3.63, 3.8) is 0 Å². The first kappa shape index (κ1) is 30.0. The number of methoxy groups -OCH3 is 2. The van der Waals surface area contributed by atoms with Gasteiger partial charge >= 0.3 is 0 Å². The van der Waals surface area contributed by atoms with Crippen LogP contribution in [0.4, 0.5) is 10.1 Å². The number of aromatic nitrogens is 2. The van der Waals surface area contributed by atoms with Crippen LogP contribution in [0.2, 0.25) is 0 Å². The molecule has 0 fully saturated rings. The monoisotopic (exact) mass is 578 g/mol. The number of nitrogens with zero attached hydrogens (tertiary/aromatic N) is 3. The van der Waals surface area contributed by atoms with Crippen molar-refractivity contribution >= 4 is 29.3 Å². The van der Waals surface area contributed by atoms with Crippen molar-refractivity contribution in [2.45, 2.75) is 50.9 Å². The average Bonchev–Trinajstić information content (AvgIpc) is 2.97. The number of nitrogens with one attached hydrogen (secondary N) is 1. The lowest BCUT2D eigenvalue weighted by Gasteiger charge is -2.37. The number of thioether (sulfide) groups is 1. The number of carbonyl (C=O) groups excluding carboxylic acids is 2. The second kappa shape index (κ2) is 14.1. The quantitative estimate of drug-likeness (QED) is 0.176. The first-order valence-electron chi connectivity index (χ1n) is 13.4. The van der Waals surface area contributed by atoms with Gasteiger partial charge in [-0.25, -0.2) is 14.4 Å². The van der Waals surface area contributed by atoms with E-state index in [-0.39, 0.29) is 35.8 Å². The van der Waals surface area contributed by atoms with Crippen LogP contribution < -0.4 is 14.8 Å². The zero-order valence-electron chi connectivity index (χ0n) is 23.7. The Labute approximate surface area is 244 Å². The first-order valence-corrected chi connectivity index (χ1v) is 14.4. The molecule has 2 aromatic carbocycles. The lowest BCUT2D eigenvalue weighted by molar-refractivity contribution is -0.139. The van der Waals surface area contributed by atoms with E-state index in [1.165, 1.54) is 31.0 Å². The summed E-state index contributed by atoms with van der Waals surface area (Å²) in [4.78, 5) is 38.5. The third-order valence-electron chi connectivity index (χ3n) is 6.90. The molecule has 0 spiro atoms. The van der Waals surface area contributed by atoms with Crippen LogP contribution in [0.5, 0.6) is 11.5 Å². The summed E-state index contributed by atoms with van der Waals surface area (Å²) in [6.07, 6.45) is 6.36. The van der Waals surface area contributed by atoms with Crippen molar-refractivity contribution in [1.82, 2.24) is 14.9 Å². The Bertz CT molecular complexity index is 1380. The summed E-state index contributed by atoms with van der Waals surface area (Å²) < 4.78 is 24.5. The molecule has 3 aromatic rings. The highest BCUT2D eigenvalue weighted by molar-refractivity contribution is 7.99. The van der Waals surface area contributed by atoms with Crippen LogP contribution in [0.1, 0.15) is 36.2 Å². The second-order valence-electron chi connectivity index (χ2n) is 9.91. The van der Waals surface area contributed by atoms with Gasteiger partial charge in [-0.3, -0.25) is 9.59 Å². The number of halogens is 1. The van der Waals surface area contributed by atoms with Gasteiger partial charge in [0, 0.05) is 24.0 Å². The number of ether oxygens (including phenoxy) is 2. The van der Waals surface area contributed by atoms with E-state index >= 15 is 0 Å². The topological polar surface area (TPSA) is 93.7 Å². The summed E-state index contributed by atoms with van der Waals surface area (Å²) in [5.41, 5.74) is 2.83. The minimum absolute atomic E-state index is 0.0439. The summed E-state index contributed by atoms with van der Waals surface area (Å²) >= 11 is 1.24. The number of allylic oxidation sites excluding steroid dienone is 2. The largest absolute Gasteiger partial charge is 0.497 e. The van der Waals surface area contributed by atoms with Gasteiger partial charge < -0.3 is 19.7 Å². The number of hydrogen-bond acceptors (Lipinski definition) is 7. The molecule has 4 rings (SSSR count). The Hall–Kier alpha value is -3.92. The highest BCUT2D eigenvalue weighted by Gasteiger charge is 2.37. The van der Waals surface area contributed by atoms with Gasteiger partial charge in [-0.1, -0.05) is 36.0 Å². The summed E-state index contributed by atoms with van der Waals surface area (Å²) in [5.74, 6) is 0.0351. The molecule has 1 heterocycles. The molecule has 2 unspecified atom stereocenters. The molecule has 2 atom stereocenters. The number of carbonyl (C=O) groups is 2. The van der Waals surface area contributed by atoms with Gasteiger partial charge in [0.1, 0.15) is 23.4 Å². The van der Waals surface area contributed by atoms with Gasteiger partial charge in [0.15, 0.2) is 5.16 Å². The SMILES string of the molecule is COc1ccc(NC(=O)C(C2CC=CCC2)N(Cc2ccc(F)cc2)C(=O)CSc2nc(C)cc(C)n2)c(OC)c1. The average molecular weight is 579 g/mol. The molecule has 1 aliphatic rings. The predicted octanol–water partition coefficient (Wildman–Crippen LogP) is 5.73. The number of aryl methyl sites for hydroxylation is 2. The van der Waals surface area contributed by atoms with Crippen molar-refractivity contribution in [2.24, 2.45) is 5.92 Å². The third-order valence-corrected chi connectivity index (χ3v) is 7.73. The van der Waals surface area contributed by atoms with Crippen LogP contribution in [0.15, 0.2) is 65.8 Å². The van der Waals surface area contributed by atoms with E-state index < -0.39 is 6.04 Å². The fourth-order valence-corrected chi connectivity index (χ4v) is 5.75. The molecule has 2 amide bonds. The molecule has 10 heteroatoms. The second-order valence-corrected chi connectivity index (χ2v) is 10.9. The van der Waals surface area contributed by atoms with Crippen LogP contribution in [0.3, 0.4) is 0 Å². The van der Waals surface area contributed by atoms with Crippen LogP contribution in [0.25, 0.3) is 0 Å². The molecule has 0 bridgehead atoms. The standard InChI is InChI=1S/C31H35FN4O4S/c1-20-16-21(2)34-31(33-20)41-19-28(37)36(18-22-10-12-24(32)13-11-22)29(23-8-6-5-7-9-23)30(38)35-26-15-14-25(39-3)17-27(26)40-4/h5-6,10-17,23,29H,7-9,18-19H2,1-4H3,(H,35,38). The molecular formula is C31H35FN4O4S. The summed E-state index contributed by atoms with van der Waals surface area (Å²) in [5, 5.41) is 3.50. The Morgan fingerprint density at radius 2 is 1.78 bits per heavy atom. The Kier molecular flexibility index (Phi) is 10.3. The first-order chi connectivity index (χ1) is 19.8. The molecular weight excluding hydrogens is 543 g/mol. The van der Waals surface area contributed by atoms with Crippen molar-refractivity contribution in [2.75, 3.05) is 25.3 Å². The maximum Gasteiger partial charge on any atom is 0.247 e. The van der Waals surface area contributed by atoms with Gasteiger partial charge in [0.25, 0.3) is 0 Å². The van der Waals surface area contributed by atoms with E-state index in [1.54, 1.807) is 42.3 Å². The molecule has 0 radical (unpaired) electrons. The number of anilines is 1. The van der Waals surface area contributed by atoms with Gasteiger partial charge in [0.2, 0.25) is 11.8 Å². The maximum atomic E-state index is 14.1. The normalized spacial score (nSPS) is 15.2. The van der Waals surface area contributed by atoms with Crippen LogP contribution in [0, 0.1) is 25.6 Å². The van der Waals surface area contributed by atoms with Gasteiger partial charge in [0.05, 0.1) is 25.7 Å². The fourth-order valence-electron chi connectivity index (χ4n) is 4.92. The molecule has 0 saturated heterocycles. The van der Waals surface area contributed by atoms with E-state index in [1.807, 2.05) is 19.9 Å². The molecule has 0 aliphatic heterocycles. The number of amides is 2. The Morgan fingerprint density at radius 1 is 1.05 bits per heavy atom. The fraction of sp³-hybridized carbons (Fsp3) is 0.355. The number of hydrogen-bond donors (Lipinski definition) is 1. The summed E-state index contributed by atoms with van der Waals surface area (Å²) in [6, 6.07) is 12.2. The van der Waals surface area contributed by atoms with Gasteiger partial charge in [-0.05, 0) is 74.9 Å². The molecule has 8 nitrogen and oxygen atoms in total. The molecule has 216 valence electrons. The van der Waals surface area contributed by atoms with E-state index in [9.17, 15) is 14.0 Å². The third kappa shape index (κ3) is 8.07. The molecule has 0 saturated carbocycles. The van der Waals surface area contributed by atoms with Crippen molar-refractivity contribution in [3.05, 3.63) is 83.5 Å². The number of benzene rings is 2. The van der Waals surface area contributed by atoms with Crippen molar-refractivity contribution in [1.29, 1.82) is 0 Å².